The summed E-state index contributed by atoms with van der Waals surface area (Å²) in [6, 6.07) is 3.76. The van der Waals surface area contributed by atoms with E-state index in [0.717, 1.165) is 103 Å². The van der Waals surface area contributed by atoms with Gasteiger partial charge in [-0.05, 0) is 105 Å². The number of aliphatic hydroxyl groups excluding tert-OH is 2. The molecule has 57 heavy (non-hydrogen) atoms. The van der Waals surface area contributed by atoms with E-state index >= 15 is 0 Å². The monoisotopic (exact) mass is 791 g/mol. The van der Waals surface area contributed by atoms with Crippen LogP contribution in [0.25, 0.3) is 0 Å². The molecule has 8 rings (SSSR count). The van der Waals surface area contributed by atoms with Crippen LogP contribution in [0.15, 0.2) is 17.1 Å². The fourth-order valence-electron chi connectivity index (χ4n) is 11.3. The number of guanidine groups is 1. The standard InChI is InChI=1S/C45H70N6O6/c1-3-4-5-8-36-26-50-22-31-16-32(23-50)25-51(24-31)29-49-44(46)48-28-45(36)13-10-33-7-6-9-37-20-39(12-15-47-37)57-43-19-34(35(27-52)18-41(43)55)17-40(33)42(56-30(2)53)21-38(54)11-14-45/h18-19,31-33,36-40,42,47,52,54-55H,3-9,11-12,14-17,20-29H2,1-2H3,(H3,46,48,49)/t31-,32+,33-,36+,37-,38+,39-,40-,42+,45-/m1/s1. The molecule has 3 saturated heterocycles. The number of benzene rings is 1. The predicted octanol–water partition coefficient (Wildman–Crippen LogP) is 4.13. The maximum atomic E-state index is 12.8. The molecular formula is C45H70N6O6. The minimum atomic E-state index is -0.720. The van der Waals surface area contributed by atoms with Crippen LogP contribution in [-0.4, -0.2) is 114 Å². The first kappa shape index (κ1) is 42.1. The van der Waals surface area contributed by atoms with Gasteiger partial charge in [0.25, 0.3) is 0 Å². The quantitative estimate of drug-likeness (QED) is 0.140. The summed E-state index contributed by atoms with van der Waals surface area (Å²) in [5, 5.41) is 40.9. The third kappa shape index (κ3) is 10.8. The third-order valence-corrected chi connectivity index (χ3v) is 14.1. The number of nitrogens with zero attached hydrogens (tertiary/aromatic N) is 3. The van der Waals surface area contributed by atoms with E-state index in [1.165, 1.54) is 13.3 Å². The Morgan fingerprint density at radius 2 is 1.88 bits per heavy atom. The summed E-state index contributed by atoms with van der Waals surface area (Å²) in [6.45, 7) is 10.7. The van der Waals surface area contributed by atoms with Gasteiger partial charge >= 0.3 is 5.97 Å². The lowest BCUT2D eigenvalue weighted by Crippen LogP contribution is -2.54. The number of nitrogens with two attached hydrogens (primary N) is 1. The normalized spacial score (nSPS) is 37.3. The highest BCUT2D eigenvalue weighted by molar-refractivity contribution is 5.77. The molecule has 316 valence electrons. The second-order valence-electron chi connectivity index (χ2n) is 18.5. The lowest BCUT2D eigenvalue weighted by molar-refractivity contribution is -0.152. The van der Waals surface area contributed by atoms with Crippen LogP contribution >= 0.6 is 0 Å². The summed E-state index contributed by atoms with van der Waals surface area (Å²) in [4.78, 5) is 22.9. The fourth-order valence-corrected chi connectivity index (χ4v) is 11.3. The van der Waals surface area contributed by atoms with Crippen molar-refractivity contribution in [2.24, 2.45) is 45.7 Å². The number of phenolic OH excluding ortho intramolecular Hbond substituents is 1. The molecule has 1 aromatic carbocycles. The van der Waals surface area contributed by atoms with Crippen LogP contribution in [0, 0.1) is 46.8 Å². The van der Waals surface area contributed by atoms with E-state index in [-0.39, 0.29) is 48.2 Å². The van der Waals surface area contributed by atoms with Crippen LogP contribution in [0.3, 0.4) is 0 Å². The van der Waals surface area contributed by atoms with Crippen molar-refractivity contribution in [2.75, 3.05) is 52.5 Å². The zero-order valence-corrected chi connectivity index (χ0v) is 34.6. The SMILES string of the molecule is CCCCC[C@H]1CN2C[C@@H]3C[C@@H](CN(CN=C(N)NC[C@]14C#C[C@H]1CCC[C@@H]5C[C@@H](CCN5)Oc5cc(c(CO)cc5O)C[C@H]1[C@@H](OC(C)=O)C[C@@H](O)CC4)C3)C2. The minimum Gasteiger partial charge on any atom is -0.504 e. The van der Waals surface area contributed by atoms with Crippen LogP contribution < -0.4 is 21.1 Å². The van der Waals surface area contributed by atoms with E-state index in [4.69, 9.17) is 20.2 Å². The summed E-state index contributed by atoms with van der Waals surface area (Å²) in [5.41, 5.74) is 7.62. The van der Waals surface area contributed by atoms with Gasteiger partial charge in [-0.15, -0.1) is 0 Å². The summed E-state index contributed by atoms with van der Waals surface area (Å²) in [6.07, 6.45) is 10.7. The van der Waals surface area contributed by atoms with Gasteiger partial charge in [0.05, 0.1) is 24.8 Å². The summed E-state index contributed by atoms with van der Waals surface area (Å²) >= 11 is 0. The molecule has 6 aliphatic heterocycles. The Morgan fingerprint density at radius 3 is 2.65 bits per heavy atom. The lowest BCUT2D eigenvalue weighted by Gasteiger charge is -2.48. The molecule has 0 radical (unpaired) electrons. The van der Waals surface area contributed by atoms with Gasteiger partial charge in [0.15, 0.2) is 17.5 Å². The molecule has 1 aromatic rings. The number of hydrogen-bond donors (Lipinski definition) is 6. The number of aliphatic imine (C=N–C) groups is 1. The smallest absolute Gasteiger partial charge is 0.302 e. The average Bonchev–Trinajstić information content (AvgIpc) is 3.19. The summed E-state index contributed by atoms with van der Waals surface area (Å²) in [5.74, 6) is 9.51. The molecule has 6 heterocycles. The van der Waals surface area contributed by atoms with E-state index in [9.17, 15) is 20.1 Å². The first-order chi connectivity index (χ1) is 27.6. The molecule has 3 fully saturated rings. The van der Waals surface area contributed by atoms with E-state index in [2.05, 4.69) is 39.2 Å². The molecular weight excluding hydrogens is 721 g/mol. The van der Waals surface area contributed by atoms with Crippen molar-refractivity contribution in [1.82, 2.24) is 20.4 Å². The van der Waals surface area contributed by atoms with Crippen LogP contribution in [0.1, 0.15) is 108 Å². The molecule has 8 bridgehead atoms. The van der Waals surface area contributed by atoms with Crippen molar-refractivity contribution in [3.05, 3.63) is 23.3 Å². The molecule has 2 unspecified atom stereocenters. The molecule has 12 nitrogen and oxygen atoms in total. The number of phenols is 1. The Morgan fingerprint density at radius 1 is 1.07 bits per heavy atom. The predicted molar refractivity (Wildman–Crippen MR) is 221 cm³/mol. The van der Waals surface area contributed by atoms with E-state index in [0.29, 0.717) is 68.0 Å². The van der Waals surface area contributed by atoms with Crippen molar-refractivity contribution < 1.29 is 29.6 Å². The van der Waals surface area contributed by atoms with Crippen molar-refractivity contribution in [1.29, 1.82) is 0 Å². The van der Waals surface area contributed by atoms with Crippen LogP contribution in [0.5, 0.6) is 11.5 Å². The van der Waals surface area contributed by atoms with Crippen molar-refractivity contribution in [3.63, 3.8) is 0 Å². The Labute approximate surface area is 340 Å². The molecule has 1 spiro atoms. The Balaban J connectivity index is 1.34. The molecule has 12 heteroatoms. The van der Waals surface area contributed by atoms with Gasteiger partial charge in [-0.2, -0.15) is 0 Å². The van der Waals surface area contributed by atoms with Crippen molar-refractivity contribution >= 4 is 11.9 Å². The topological polar surface area (TPSA) is 165 Å². The van der Waals surface area contributed by atoms with E-state index < -0.39 is 17.6 Å². The highest BCUT2D eigenvalue weighted by Gasteiger charge is 2.43. The molecule has 0 aromatic heterocycles. The zero-order chi connectivity index (χ0) is 39.9. The van der Waals surface area contributed by atoms with Gasteiger partial charge < -0.3 is 46.1 Å². The number of piperidine rings is 3. The molecule has 0 amide bonds. The number of aliphatic hydroxyl groups is 2. The summed E-state index contributed by atoms with van der Waals surface area (Å²) < 4.78 is 12.7. The van der Waals surface area contributed by atoms with Gasteiger partial charge in [0.2, 0.25) is 0 Å². The van der Waals surface area contributed by atoms with Crippen LogP contribution in [-0.2, 0) is 22.6 Å². The number of hydrogen-bond acceptors (Lipinski definition) is 12. The maximum absolute atomic E-state index is 12.8. The largest absolute Gasteiger partial charge is 0.504 e. The number of ether oxygens (including phenoxy) is 2. The Bertz CT molecular complexity index is 1600. The summed E-state index contributed by atoms with van der Waals surface area (Å²) in [7, 11) is 0. The van der Waals surface area contributed by atoms with Gasteiger partial charge in [-0.1, -0.05) is 44.4 Å². The molecule has 12 atom stereocenters. The van der Waals surface area contributed by atoms with Crippen LogP contribution in [0.4, 0.5) is 0 Å². The number of unbranched alkanes of at least 4 members (excludes halogenated alkanes) is 2. The highest BCUT2D eigenvalue weighted by atomic mass is 16.5. The lowest BCUT2D eigenvalue weighted by atomic mass is 9.67. The van der Waals surface area contributed by atoms with Gasteiger partial charge in [-0.3, -0.25) is 9.69 Å². The molecule has 7 aliphatic rings. The van der Waals surface area contributed by atoms with E-state index in [1.807, 2.05) is 6.07 Å². The van der Waals surface area contributed by atoms with E-state index in [1.54, 1.807) is 6.07 Å². The highest BCUT2D eigenvalue weighted by Crippen LogP contribution is 2.43. The molecule has 0 saturated carbocycles. The number of nitrogens with one attached hydrogen (secondary N) is 2. The second-order valence-corrected chi connectivity index (χ2v) is 18.5. The average molecular weight is 791 g/mol. The molecule has 1 aliphatic carbocycles. The third-order valence-electron chi connectivity index (χ3n) is 14.1. The number of rotatable bonds is 6. The maximum Gasteiger partial charge on any atom is 0.302 e. The van der Waals surface area contributed by atoms with Gasteiger partial charge in [0, 0.05) is 70.5 Å². The number of carbonyl (C=O) groups excluding carboxylic acids is 1. The molecule has 7 N–H and O–H groups in total. The fraction of sp³-hybridized carbons (Fsp3) is 0.778. The van der Waals surface area contributed by atoms with Gasteiger partial charge in [0.1, 0.15) is 12.2 Å². The zero-order valence-electron chi connectivity index (χ0n) is 34.6. The number of carbonyl (C=O) groups is 1. The van der Waals surface area contributed by atoms with Crippen molar-refractivity contribution in [3.8, 4) is 23.3 Å². The first-order valence-corrected chi connectivity index (χ1v) is 22.3. The first-order valence-electron chi connectivity index (χ1n) is 22.3. The van der Waals surface area contributed by atoms with Crippen molar-refractivity contribution in [2.45, 2.75) is 135 Å². The number of fused-ring (bicyclic) bond motifs is 9. The number of esters is 1. The van der Waals surface area contributed by atoms with Gasteiger partial charge in [-0.25, -0.2) is 4.99 Å². The van der Waals surface area contributed by atoms with Crippen LogP contribution in [0.2, 0.25) is 0 Å². The number of aromatic hydroxyl groups is 1. The Kier molecular flexibility index (Phi) is 14.3. The Hall–Kier alpha value is -3.08. The second kappa shape index (κ2) is 19.3. The minimum absolute atomic E-state index is 0.0148.